The number of aromatic nitrogens is 1. The summed E-state index contributed by atoms with van der Waals surface area (Å²) in [5.41, 5.74) is 2.90. The average Bonchev–Trinajstić information content (AvgIpc) is 2.84. The maximum atomic E-state index is 13.1. The molecule has 0 unspecified atom stereocenters. The van der Waals surface area contributed by atoms with E-state index in [1.165, 1.54) is 4.31 Å². The van der Waals surface area contributed by atoms with Gasteiger partial charge in [-0.15, -0.1) is 0 Å². The molecule has 9 heteroatoms. The number of hydrogen-bond acceptors (Lipinski definition) is 5. The number of aryl methyl sites for hydroxylation is 2. The zero-order valence-electron chi connectivity index (χ0n) is 19.3. The predicted octanol–water partition coefficient (Wildman–Crippen LogP) is 3.10. The summed E-state index contributed by atoms with van der Waals surface area (Å²) in [6, 6.07) is 14.7. The van der Waals surface area contributed by atoms with Crippen LogP contribution in [0.15, 0.2) is 59.6 Å². The number of para-hydroxylation sites is 1. The summed E-state index contributed by atoms with van der Waals surface area (Å²) in [6.45, 7) is 4.72. The second kappa shape index (κ2) is 9.90. The zero-order valence-corrected chi connectivity index (χ0v) is 20.1. The maximum Gasteiger partial charge on any atom is 0.243 e. The number of carbonyl (C=O) groups excluding carboxylic acids is 2. The first-order valence-corrected chi connectivity index (χ1v) is 12.7. The maximum absolute atomic E-state index is 13.1. The number of sulfonamides is 1. The van der Waals surface area contributed by atoms with E-state index in [-0.39, 0.29) is 37.7 Å². The minimum Gasteiger partial charge on any atom is -0.340 e. The molecule has 2 amide bonds. The molecule has 4 rings (SSSR count). The molecule has 34 heavy (non-hydrogen) atoms. The molecular formula is C25H28N4O4S. The van der Waals surface area contributed by atoms with Gasteiger partial charge in [-0.25, -0.2) is 8.42 Å². The van der Waals surface area contributed by atoms with Crippen LogP contribution in [0.4, 0.5) is 5.69 Å². The molecule has 1 fully saturated rings. The molecule has 0 saturated carbocycles. The van der Waals surface area contributed by atoms with Gasteiger partial charge >= 0.3 is 0 Å². The minimum absolute atomic E-state index is 0.0447. The van der Waals surface area contributed by atoms with E-state index in [9.17, 15) is 18.0 Å². The molecule has 0 aliphatic carbocycles. The number of pyridine rings is 1. The normalized spacial score (nSPS) is 14.8. The fourth-order valence-corrected chi connectivity index (χ4v) is 5.83. The molecule has 0 radical (unpaired) electrons. The van der Waals surface area contributed by atoms with Gasteiger partial charge in [-0.05, 0) is 43.2 Å². The van der Waals surface area contributed by atoms with Gasteiger partial charge in [0, 0.05) is 50.6 Å². The van der Waals surface area contributed by atoms with Crippen LogP contribution in [0.2, 0.25) is 0 Å². The van der Waals surface area contributed by atoms with Crippen molar-refractivity contribution >= 4 is 38.4 Å². The van der Waals surface area contributed by atoms with Crippen LogP contribution < -0.4 is 5.32 Å². The fraction of sp³-hybridized carbons (Fsp3) is 0.320. The number of hydrogen-bond donors (Lipinski definition) is 1. The van der Waals surface area contributed by atoms with Crippen molar-refractivity contribution in [2.75, 3.05) is 31.5 Å². The standard InChI is InChI=1S/C25H28N4O4S/c1-18-8-9-19(2)22(17-18)34(32,33)29-15-13-28(14-16-29)24(31)11-10-23(30)27-21-7-3-5-20-6-4-12-26-25(20)21/h3-9,12,17H,10-11,13-16H2,1-2H3,(H,27,30). The molecule has 0 spiro atoms. The van der Waals surface area contributed by atoms with Crippen LogP contribution in [-0.4, -0.2) is 60.6 Å². The number of benzene rings is 2. The van der Waals surface area contributed by atoms with E-state index in [0.29, 0.717) is 34.8 Å². The molecule has 1 N–H and O–H groups in total. The largest absolute Gasteiger partial charge is 0.340 e. The Labute approximate surface area is 199 Å². The molecule has 1 saturated heterocycles. The molecule has 1 aliphatic heterocycles. The van der Waals surface area contributed by atoms with Crippen molar-refractivity contribution in [2.45, 2.75) is 31.6 Å². The van der Waals surface area contributed by atoms with Crippen LogP contribution in [0, 0.1) is 13.8 Å². The molecular weight excluding hydrogens is 452 g/mol. The van der Waals surface area contributed by atoms with Crippen LogP contribution in [0.3, 0.4) is 0 Å². The summed E-state index contributed by atoms with van der Waals surface area (Å²) < 4.78 is 27.6. The quantitative estimate of drug-likeness (QED) is 0.584. The Bertz CT molecular complexity index is 1330. The van der Waals surface area contributed by atoms with Gasteiger partial charge in [0.05, 0.1) is 16.1 Å². The van der Waals surface area contributed by atoms with Gasteiger partial charge < -0.3 is 10.2 Å². The highest BCUT2D eigenvalue weighted by atomic mass is 32.2. The van der Waals surface area contributed by atoms with Crippen LogP contribution >= 0.6 is 0 Å². The van der Waals surface area contributed by atoms with E-state index in [0.717, 1.165) is 10.9 Å². The summed E-state index contributed by atoms with van der Waals surface area (Å²) in [4.78, 5) is 31.4. The van der Waals surface area contributed by atoms with E-state index in [1.807, 2.05) is 37.3 Å². The van der Waals surface area contributed by atoms with Crippen LogP contribution in [0.25, 0.3) is 10.9 Å². The Kier molecular flexibility index (Phi) is 6.95. The third kappa shape index (κ3) is 5.10. The molecule has 1 aromatic heterocycles. The number of nitrogens with one attached hydrogen (secondary N) is 1. The fourth-order valence-electron chi connectivity index (χ4n) is 4.10. The summed E-state index contributed by atoms with van der Waals surface area (Å²) in [5.74, 6) is -0.419. The Morgan fingerprint density at radius 1 is 0.971 bits per heavy atom. The summed E-state index contributed by atoms with van der Waals surface area (Å²) >= 11 is 0. The van der Waals surface area contributed by atoms with Gasteiger partial charge in [0.2, 0.25) is 21.8 Å². The van der Waals surface area contributed by atoms with E-state index in [1.54, 1.807) is 36.2 Å². The lowest BCUT2D eigenvalue weighted by Gasteiger charge is -2.34. The summed E-state index contributed by atoms with van der Waals surface area (Å²) in [7, 11) is -3.62. The van der Waals surface area contributed by atoms with Gasteiger partial charge in [-0.1, -0.05) is 30.3 Å². The highest BCUT2D eigenvalue weighted by molar-refractivity contribution is 7.89. The Morgan fingerprint density at radius 2 is 1.71 bits per heavy atom. The molecule has 2 aromatic carbocycles. The van der Waals surface area contributed by atoms with Crippen molar-refractivity contribution < 1.29 is 18.0 Å². The van der Waals surface area contributed by atoms with Crippen molar-refractivity contribution in [1.82, 2.24) is 14.2 Å². The first-order valence-electron chi connectivity index (χ1n) is 11.2. The van der Waals surface area contributed by atoms with Crippen molar-refractivity contribution in [3.8, 4) is 0 Å². The zero-order chi connectivity index (χ0) is 24.3. The molecule has 0 atom stereocenters. The number of nitrogens with zero attached hydrogens (tertiary/aromatic N) is 3. The lowest BCUT2D eigenvalue weighted by molar-refractivity contribution is -0.133. The number of amides is 2. The van der Waals surface area contributed by atoms with Crippen molar-refractivity contribution in [1.29, 1.82) is 0 Å². The minimum atomic E-state index is -3.62. The van der Waals surface area contributed by atoms with Crippen molar-refractivity contribution in [3.63, 3.8) is 0 Å². The summed E-state index contributed by atoms with van der Waals surface area (Å²) in [5, 5.41) is 3.76. The van der Waals surface area contributed by atoms with Gasteiger partial charge in [-0.3, -0.25) is 14.6 Å². The van der Waals surface area contributed by atoms with E-state index >= 15 is 0 Å². The van der Waals surface area contributed by atoms with Crippen LogP contribution in [0.1, 0.15) is 24.0 Å². The molecule has 1 aliphatic rings. The smallest absolute Gasteiger partial charge is 0.243 e. The van der Waals surface area contributed by atoms with Crippen molar-refractivity contribution in [3.05, 3.63) is 65.9 Å². The second-order valence-corrected chi connectivity index (χ2v) is 10.4. The Balaban J connectivity index is 1.30. The molecule has 0 bridgehead atoms. The number of piperazine rings is 1. The summed E-state index contributed by atoms with van der Waals surface area (Å²) in [6.07, 6.45) is 1.78. The van der Waals surface area contributed by atoms with Crippen LogP contribution in [-0.2, 0) is 19.6 Å². The molecule has 2 heterocycles. The van der Waals surface area contributed by atoms with Gasteiger partial charge in [0.1, 0.15) is 0 Å². The first-order chi connectivity index (χ1) is 16.3. The number of carbonyl (C=O) groups is 2. The SMILES string of the molecule is Cc1ccc(C)c(S(=O)(=O)N2CCN(C(=O)CCC(=O)Nc3cccc4cccnc34)CC2)c1. The third-order valence-electron chi connectivity index (χ3n) is 6.03. The lowest BCUT2D eigenvalue weighted by atomic mass is 10.2. The number of fused-ring (bicyclic) bond motifs is 1. The average molecular weight is 481 g/mol. The van der Waals surface area contributed by atoms with Crippen molar-refractivity contribution in [2.24, 2.45) is 0 Å². The first kappa shape index (κ1) is 23.8. The second-order valence-electron chi connectivity index (χ2n) is 8.48. The molecule has 178 valence electrons. The van der Waals surface area contributed by atoms with Gasteiger partial charge in [0.15, 0.2) is 0 Å². The predicted molar refractivity (Wildman–Crippen MR) is 131 cm³/mol. The van der Waals surface area contributed by atoms with Crippen LogP contribution in [0.5, 0.6) is 0 Å². The van der Waals surface area contributed by atoms with E-state index < -0.39 is 10.0 Å². The highest BCUT2D eigenvalue weighted by Crippen LogP contribution is 2.23. The highest BCUT2D eigenvalue weighted by Gasteiger charge is 2.31. The number of rotatable bonds is 6. The Morgan fingerprint density at radius 3 is 2.47 bits per heavy atom. The topological polar surface area (TPSA) is 99.7 Å². The monoisotopic (exact) mass is 480 g/mol. The molecule has 3 aromatic rings. The van der Waals surface area contributed by atoms with E-state index in [2.05, 4.69) is 10.3 Å². The number of anilines is 1. The molecule has 8 nitrogen and oxygen atoms in total. The van der Waals surface area contributed by atoms with Gasteiger partial charge in [-0.2, -0.15) is 4.31 Å². The van der Waals surface area contributed by atoms with Gasteiger partial charge in [0.25, 0.3) is 0 Å². The Hall–Kier alpha value is -3.30. The lowest BCUT2D eigenvalue weighted by Crippen LogP contribution is -2.50. The van der Waals surface area contributed by atoms with E-state index in [4.69, 9.17) is 0 Å². The third-order valence-corrected chi connectivity index (χ3v) is 8.07.